The maximum absolute atomic E-state index is 14.6. The lowest BCUT2D eigenvalue weighted by atomic mass is 10.0. The molecule has 0 amide bonds. The Morgan fingerprint density at radius 2 is 1.71 bits per heavy atom. The van der Waals surface area contributed by atoms with Gasteiger partial charge < -0.3 is 9.47 Å². The fourth-order valence-electron chi connectivity index (χ4n) is 2.77. The SMILES string of the molecule is COc1cc2c(-c3ccc(CS(N)(=O)=O)cc3F)n[nH]c(=O)c2cc1OC.Cl. The summed E-state index contributed by atoms with van der Waals surface area (Å²) in [5.74, 6) is -0.497. The molecule has 0 bridgehead atoms. The van der Waals surface area contributed by atoms with Crippen LogP contribution in [0.5, 0.6) is 11.5 Å². The van der Waals surface area contributed by atoms with Crippen LogP contribution in [-0.2, 0) is 15.8 Å². The van der Waals surface area contributed by atoms with Crippen molar-refractivity contribution < 1.29 is 22.3 Å². The molecule has 0 fully saturated rings. The van der Waals surface area contributed by atoms with E-state index in [4.69, 9.17) is 14.6 Å². The van der Waals surface area contributed by atoms with Gasteiger partial charge in [0.05, 0.1) is 25.4 Å². The van der Waals surface area contributed by atoms with Gasteiger partial charge in [-0.05, 0) is 29.8 Å². The molecule has 11 heteroatoms. The molecule has 0 aliphatic carbocycles. The van der Waals surface area contributed by atoms with Gasteiger partial charge in [0, 0.05) is 10.9 Å². The van der Waals surface area contributed by atoms with Crippen molar-refractivity contribution >= 4 is 33.2 Å². The number of hydrogen-bond donors (Lipinski definition) is 2. The van der Waals surface area contributed by atoms with Crippen molar-refractivity contribution in [2.24, 2.45) is 5.14 Å². The number of halogens is 2. The van der Waals surface area contributed by atoms with Crippen LogP contribution in [-0.4, -0.2) is 32.8 Å². The molecule has 2 aromatic carbocycles. The van der Waals surface area contributed by atoms with E-state index < -0.39 is 27.2 Å². The number of hydrogen-bond acceptors (Lipinski definition) is 6. The Labute approximate surface area is 165 Å². The highest BCUT2D eigenvalue weighted by atomic mass is 35.5. The number of methoxy groups -OCH3 is 2. The fraction of sp³-hybridized carbons (Fsp3) is 0.176. The summed E-state index contributed by atoms with van der Waals surface area (Å²) in [6, 6.07) is 6.89. The lowest BCUT2D eigenvalue weighted by Crippen LogP contribution is -2.14. The third-order valence-electron chi connectivity index (χ3n) is 3.95. The highest BCUT2D eigenvalue weighted by molar-refractivity contribution is 7.88. The summed E-state index contributed by atoms with van der Waals surface area (Å²) in [6.45, 7) is 0. The van der Waals surface area contributed by atoms with E-state index in [1.54, 1.807) is 0 Å². The number of nitrogens with one attached hydrogen (secondary N) is 1. The number of sulfonamides is 1. The topological polar surface area (TPSA) is 124 Å². The average molecular weight is 430 g/mol. The monoisotopic (exact) mass is 429 g/mol. The Kier molecular flexibility index (Phi) is 6.27. The summed E-state index contributed by atoms with van der Waals surface area (Å²) in [6.07, 6.45) is 0. The lowest BCUT2D eigenvalue weighted by Gasteiger charge is -2.12. The van der Waals surface area contributed by atoms with Gasteiger partial charge in [0.15, 0.2) is 11.5 Å². The second-order valence-electron chi connectivity index (χ2n) is 5.78. The van der Waals surface area contributed by atoms with Crippen LogP contribution in [0, 0.1) is 5.82 Å². The van der Waals surface area contributed by atoms with Crippen molar-refractivity contribution in [3.8, 4) is 22.8 Å². The van der Waals surface area contributed by atoms with Crippen molar-refractivity contribution in [1.29, 1.82) is 0 Å². The summed E-state index contributed by atoms with van der Waals surface area (Å²) < 4.78 is 47.4. The Hall–Kier alpha value is -2.69. The molecule has 3 aromatic rings. The van der Waals surface area contributed by atoms with Crippen LogP contribution in [0.1, 0.15) is 5.56 Å². The Morgan fingerprint density at radius 3 is 2.25 bits per heavy atom. The van der Waals surface area contributed by atoms with E-state index in [1.165, 1.54) is 38.5 Å². The van der Waals surface area contributed by atoms with Crippen molar-refractivity contribution in [2.75, 3.05) is 14.2 Å². The van der Waals surface area contributed by atoms with Gasteiger partial charge in [0.2, 0.25) is 10.0 Å². The van der Waals surface area contributed by atoms with Crippen LogP contribution in [0.3, 0.4) is 0 Å². The first-order chi connectivity index (χ1) is 12.7. The van der Waals surface area contributed by atoms with E-state index in [0.29, 0.717) is 16.9 Å². The zero-order valence-electron chi connectivity index (χ0n) is 14.9. The van der Waals surface area contributed by atoms with Gasteiger partial charge in [-0.25, -0.2) is 23.0 Å². The maximum Gasteiger partial charge on any atom is 0.272 e. The molecule has 0 radical (unpaired) electrons. The molecule has 28 heavy (non-hydrogen) atoms. The first-order valence-corrected chi connectivity index (χ1v) is 9.38. The van der Waals surface area contributed by atoms with Gasteiger partial charge in [0.1, 0.15) is 11.5 Å². The first kappa shape index (κ1) is 21.6. The molecule has 0 saturated carbocycles. The van der Waals surface area contributed by atoms with Crippen molar-refractivity contribution in [2.45, 2.75) is 5.75 Å². The van der Waals surface area contributed by atoms with Crippen LogP contribution >= 0.6 is 12.4 Å². The minimum Gasteiger partial charge on any atom is -0.493 e. The number of nitrogens with two attached hydrogens (primary N) is 1. The van der Waals surface area contributed by atoms with E-state index in [-0.39, 0.29) is 34.6 Å². The zero-order valence-corrected chi connectivity index (χ0v) is 16.5. The van der Waals surface area contributed by atoms with Crippen LogP contribution in [0.4, 0.5) is 4.39 Å². The minimum absolute atomic E-state index is 0. The predicted octanol–water partition coefficient (Wildman–Crippen LogP) is 1.96. The standard InChI is InChI=1S/C17H16FN3O5S.ClH/c1-25-14-6-11-12(7-15(14)26-2)17(22)21-20-16(11)10-4-3-9(5-13(10)18)8-27(19,23)24;/h3-7H,8H2,1-2H3,(H,21,22)(H2,19,23,24);1H. The molecular weight excluding hydrogens is 413 g/mol. The molecule has 0 atom stereocenters. The van der Waals surface area contributed by atoms with Crippen molar-refractivity contribution in [1.82, 2.24) is 10.2 Å². The molecule has 8 nitrogen and oxygen atoms in total. The number of benzene rings is 2. The first-order valence-electron chi connectivity index (χ1n) is 7.67. The minimum atomic E-state index is -3.79. The average Bonchev–Trinajstić information content (AvgIpc) is 2.60. The second kappa shape index (κ2) is 8.13. The van der Waals surface area contributed by atoms with Gasteiger partial charge in [-0.15, -0.1) is 12.4 Å². The van der Waals surface area contributed by atoms with E-state index in [2.05, 4.69) is 10.2 Å². The van der Waals surface area contributed by atoms with Crippen molar-refractivity contribution in [3.05, 3.63) is 52.1 Å². The number of rotatable bonds is 5. The number of ether oxygens (including phenoxy) is 2. The lowest BCUT2D eigenvalue weighted by molar-refractivity contribution is 0.356. The van der Waals surface area contributed by atoms with Crippen molar-refractivity contribution in [3.63, 3.8) is 0 Å². The van der Waals surface area contributed by atoms with Crippen LogP contribution in [0.2, 0.25) is 0 Å². The van der Waals surface area contributed by atoms with E-state index in [0.717, 1.165) is 6.07 Å². The summed E-state index contributed by atoms with van der Waals surface area (Å²) >= 11 is 0. The summed E-state index contributed by atoms with van der Waals surface area (Å²) in [5.41, 5.74) is -0.0143. The molecule has 0 saturated heterocycles. The second-order valence-corrected chi connectivity index (χ2v) is 7.39. The highest BCUT2D eigenvalue weighted by Gasteiger charge is 2.17. The van der Waals surface area contributed by atoms with Gasteiger partial charge in [-0.3, -0.25) is 4.79 Å². The molecule has 0 spiro atoms. The highest BCUT2D eigenvalue weighted by Crippen LogP contribution is 2.35. The number of H-pyrrole nitrogens is 1. The van der Waals surface area contributed by atoms with Gasteiger partial charge >= 0.3 is 0 Å². The third kappa shape index (κ3) is 4.24. The van der Waals surface area contributed by atoms with Gasteiger partial charge in [0.25, 0.3) is 5.56 Å². The van der Waals surface area contributed by atoms with E-state index in [9.17, 15) is 17.6 Å². The Balaban J connectivity index is 0.00000280. The predicted molar refractivity (Wildman–Crippen MR) is 105 cm³/mol. The summed E-state index contributed by atoms with van der Waals surface area (Å²) in [7, 11) is -0.917. The van der Waals surface area contributed by atoms with Gasteiger partial charge in [-0.1, -0.05) is 6.07 Å². The molecular formula is C17H17ClFN3O5S. The number of aromatic nitrogens is 2. The molecule has 1 aromatic heterocycles. The molecule has 150 valence electrons. The van der Waals surface area contributed by atoms with Gasteiger partial charge in [-0.2, -0.15) is 5.10 Å². The molecule has 1 heterocycles. The third-order valence-corrected chi connectivity index (χ3v) is 4.68. The fourth-order valence-corrected chi connectivity index (χ4v) is 3.41. The zero-order chi connectivity index (χ0) is 19.8. The van der Waals surface area contributed by atoms with E-state index in [1.807, 2.05) is 0 Å². The molecule has 3 rings (SSSR count). The largest absolute Gasteiger partial charge is 0.493 e. The summed E-state index contributed by atoms with van der Waals surface area (Å²) in [5, 5.41) is 11.9. The Bertz CT molecular complexity index is 1200. The molecule has 3 N–H and O–H groups in total. The van der Waals surface area contributed by atoms with Crippen LogP contribution in [0.25, 0.3) is 22.0 Å². The maximum atomic E-state index is 14.6. The number of fused-ring (bicyclic) bond motifs is 1. The molecule has 0 unspecified atom stereocenters. The van der Waals surface area contributed by atoms with Crippen LogP contribution < -0.4 is 20.2 Å². The normalized spacial score (nSPS) is 11.1. The Morgan fingerprint density at radius 1 is 1.11 bits per heavy atom. The van der Waals surface area contributed by atoms with Crippen LogP contribution in [0.15, 0.2) is 35.1 Å². The summed E-state index contributed by atoms with van der Waals surface area (Å²) in [4.78, 5) is 12.1. The smallest absolute Gasteiger partial charge is 0.272 e. The number of primary sulfonamides is 1. The molecule has 0 aliphatic rings. The quantitative estimate of drug-likeness (QED) is 0.638. The number of aromatic amines is 1. The van der Waals surface area contributed by atoms with E-state index >= 15 is 0 Å². The molecule has 0 aliphatic heterocycles. The number of nitrogens with zero attached hydrogens (tertiary/aromatic N) is 1.